The second-order valence-electron chi connectivity index (χ2n) is 3.89. The van der Waals surface area contributed by atoms with E-state index in [1.165, 1.54) is 17.0 Å². The van der Waals surface area contributed by atoms with Crippen molar-refractivity contribution in [3.63, 3.8) is 0 Å². The van der Waals surface area contributed by atoms with Crippen LogP contribution in [0.3, 0.4) is 0 Å². The first kappa shape index (κ1) is 14.4. The van der Waals surface area contributed by atoms with E-state index in [0.717, 1.165) is 6.07 Å². The maximum Gasteiger partial charge on any atom is 0.323 e. The third-order valence-corrected chi connectivity index (χ3v) is 2.46. The number of hydrogen-bond acceptors (Lipinski definition) is 5. The smallest absolute Gasteiger partial charge is 0.323 e. The SMILES string of the molecule is CCCN(CC(=O)O)c1ccc(C#N)cc1[N+](=O)[O-]. The molecule has 0 atom stereocenters. The van der Waals surface area contributed by atoms with Gasteiger partial charge in [0.2, 0.25) is 0 Å². The molecule has 19 heavy (non-hydrogen) atoms. The minimum Gasteiger partial charge on any atom is -0.480 e. The number of benzene rings is 1. The van der Waals surface area contributed by atoms with Gasteiger partial charge in [0.05, 0.1) is 16.6 Å². The van der Waals surface area contributed by atoms with Crippen LogP contribution in [0.2, 0.25) is 0 Å². The third-order valence-electron chi connectivity index (χ3n) is 2.46. The summed E-state index contributed by atoms with van der Waals surface area (Å²) in [5.41, 5.74) is 0.129. The number of nitrogens with zero attached hydrogens (tertiary/aromatic N) is 3. The molecule has 1 aromatic carbocycles. The van der Waals surface area contributed by atoms with E-state index in [-0.39, 0.29) is 23.5 Å². The summed E-state index contributed by atoms with van der Waals surface area (Å²) in [4.78, 5) is 22.6. The molecule has 0 saturated heterocycles. The minimum atomic E-state index is -1.06. The van der Waals surface area contributed by atoms with Crippen molar-refractivity contribution in [1.29, 1.82) is 5.26 Å². The van der Waals surface area contributed by atoms with Crippen LogP contribution in [0.4, 0.5) is 11.4 Å². The van der Waals surface area contributed by atoms with E-state index in [1.54, 1.807) is 0 Å². The van der Waals surface area contributed by atoms with Gasteiger partial charge in [-0.25, -0.2) is 0 Å². The standard InChI is InChI=1S/C12H13N3O4/c1-2-5-14(8-12(16)17)10-4-3-9(7-13)6-11(10)15(18)19/h3-4,6H,2,5,8H2,1H3,(H,16,17). The van der Waals surface area contributed by atoms with Crippen molar-refractivity contribution in [3.05, 3.63) is 33.9 Å². The van der Waals surface area contributed by atoms with Crippen molar-refractivity contribution in [2.45, 2.75) is 13.3 Å². The number of nitro benzene ring substituents is 1. The summed E-state index contributed by atoms with van der Waals surface area (Å²) in [6, 6.07) is 5.82. The Balaban J connectivity index is 3.25. The fraction of sp³-hybridized carbons (Fsp3) is 0.333. The van der Waals surface area contributed by atoms with Crippen molar-refractivity contribution in [1.82, 2.24) is 0 Å². The average Bonchev–Trinajstić information content (AvgIpc) is 2.37. The topological polar surface area (TPSA) is 107 Å². The number of anilines is 1. The molecule has 0 fully saturated rings. The van der Waals surface area contributed by atoms with Gasteiger partial charge in [0.25, 0.3) is 5.69 Å². The predicted molar refractivity (Wildman–Crippen MR) is 68.0 cm³/mol. The lowest BCUT2D eigenvalue weighted by molar-refractivity contribution is -0.384. The Bertz CT molecular complexity index is 536. The highest BCUT2D eigenvalue weighted by Crippen LogP contribution is 2.29. The van der Waals surface area contributed by atoms with E-state index in [2.05, 4.69) is 0 Å². The molecule has 0 amide bonds. The van der Waals surface area contributed by atoms with E-state index >= 15 is 0 Å². The van der Waals surface area contributed by atoms with Crippen LogP contribution in [-0.2, 0) is 4.79 Å². The number of nitro groups is 1. The molecule has 7 heteroatoms. The molecule has 0 radical (unpaired) electrons. The summed E-state index contributed by atoms with van der Waals surface area (Å²) < 4.78 is 0. The number of carboxylic acids is 1. The number of aliphatic carboxylic acids is 1. The molecule has 0 saturated carbocycles. The Morgan fingerprint density at radius 2 is 2.26 bits per heavy atom. The predicted octanol–water partition coefficient (Wildman–Crippen LogP) is 1.77. The number of rotatable bonds is 6. The van der Waals surface area contributed by atoms with Crippen molar-refractivity contribution in [3.8, 4) is 6.07 Å². The van der Waals surface area contributed by atoms with Crippen LogP contribution in [0.15, 0.2) is 18.2 Å². The molecule has 0 bridgehead atoms. The molecule has 0 aliphatic carbocycles. The molecular weight excluding hydrogens is 250 g/mol. The van der Waals surface area contributed by atoms with Gasteiger partial charge in [-0.15, -0.1) is 0 Å². The summed E-state index contributed by atoms with van der Waals surface area (Å²) >= 11 is 0. The van der Waals surface area contributed by atoms with Gasteiger partial charge >= 0.3 is 5.97 Å². The Morgan fingerprint density at radius 3 is 2.74 bits per heavy atom. The number of carboxylic acid groups (broad SMARTS) is 1. The van der Waals surface area contributed by atoms with Crippen molar-refractivity contribution in [2.24, 2.45) is 0 Å². The lowest BCUT2D eigenvalue weighted by Crippen LogP contribution is -2.30. The van der Waals surface area contributed by atoms with Crippen molar-refractivity contribution >= 4 is 17.3 Å². The van der Waals surface area contributed by atoms with Crippen molar-refractivity contribution in [2.75, 3.05) is 18.0 Å². The molecule has 0 unspecified atom stereocenters. The van der Waals surface area contributed by atoms with E-state index in [4.69, 9.17) is 10.4 Å². The van der Waals surface area contributed by atoms with Gasteiger partial charge in [-0.1, -0.05) is 6.92 Å². The van der Waals surface area contributed by atoms with Gasteiger partial charge in [0.15, 0.2) is 0 Å². The molecule has 1 N–H and O–H groups in total. The lowest BCUT2D eigenvalue weighted by Gasteiger charge is -2.21. The minimum absolute atomic E-state index is 0.169. The van der Waals surface area contributed by atoms with Gasteiger partial charge in [-0.3, -0.25) is 14.9 Å². The summed E-state index contributed by atoms with van der Waals surface area (Å²) in [5, 5.41) is 28.6. The Hall–Kier alpha value is -2.62. The van der Waals surface area contributed by atoms with Crippen LogP contribution in [0, 0.1) is 21.4 Å². The summed E-state index contributed by atoms with van der Waals surface area (Å²) in [6.45, 7) is 1.92. The van der Waals surface area contributed by atoms with Crippen LogP contribution < -0.4 is 4.90 Å². The first-order chi connectivity index (χ1) is 8.99. The molecular formula is C12H13N3O4. The lowest BCUT2D eigenvalue weighted by atomic mass is 10.1. The fourth-order valence-electron chi connectivity index (χ4n) is 1.72. The second kappa shape index (κ2) is 6.35. The van der Waals surface area contributed by atoms with Gasteiger partial charge in [-0.05, 0) is 18.6 Å². The van der Waals surface area contributed by atoms with Crippen LogP contribution >= 0.6 is 0 Å². The third kappa shape index (κ3) is 3.67. The van der Waals surface area contributed by atoms with E-state index in [0.29, 0.717) is 13.0 Å². The molecule has 0 aromatic heterocycles. The van der Waals surface area contributed by atoms with E-state index in [9.17, 15) is 14.9 Å². The first-order valence-corrected chi connectivity index (χ1v) is 5.64. The van der Waals surface area contributed by atoms with Gasteiger partial charge in [0.1, 0.15) is 12.2 Å². The quantitative estimate of drug-likeness (QED) is 0.619. The fourth-order valence-corrected chi connectivity index (χ4v) is 1.72. The highest BCUT2D eigenvalue weighted by molar-refractivity contribution is 5.76. The van der Waals surface area contributed by atoms with Gasteiger partial charge in [0, 0.05) is 12.6 Å². The maximum atomic E-state index is 11.0. The van der Waals surface area contributed by atoms with Crippen molar-refractivity contribution < 1.29 is 14.8 Å². The number of nitriles is 1. The molecule has 1 aromatic rings. The highest BCUT2D eigenvalue weighted by atomic mass is 16.6. The zero-order chi connectivity index (χ0) is 14.4. The first-order valence-electron chi connectivity index (χ1n) is 5.64. The largest absolute Gasteiger partial charge is 0.480 e. The Morgan fingerprint density at radius 1 is 1.58 bits per heavy atom. The van der Waals surface area contributed by atoms with Gasteiger partial charge < -0.3 is 10.0 Å². The van der Waals surface area contributed by atoms with Gasteiger partial charge in [-0.2, -0.15) is 5.26 Å². The van der Waals surface area contributed by atoms with Crippen LogP contribution in [0.1, 0.15) is 18.9 Å². The molecule has 100 valence electrons. The molecule has 0 aliphatic heterocycles. The number of carbonyl (C=O) groups is 1. The van der Waals surface area contributed by atoms with Crippen LogP contribution in [0.5, 0.6) is 0 Å². The second-order valence-corrected chi connectivity index (χ2v) is 3.89. The Labute approximate surface area is 109 Å². The Kier molecular flexibility index (Phi) is 4.83. The maximum absolute atomic E-state index is 11.0. The summed E-state index contributed by atoms with van der Waals surface area (Å²) in [5.74, 6) is -1.06. The van der Waals surface area contributed by atoms with E-state index < -0.39 is 10.9 Å². The molecule has 1 rings (SSSR count). The zero-order valence-corrected chi connectivity index (χ0v) is 10.4. The molecule has 0 spiro atoms. The van der Waals surface area contributed by atoms with E-state index in [1.807, 2.05) is 13.0 Å². The average molecular weight is 263 g/mol. The monoisotopic (exact) mass is 263 g/mol. The molecule has 0 heterocycles. The zero-order valence-electron chi connectivity index (χ0n) is 10.4. The molecule has 0 aliphatic rings. The highest BCUT2D eigenvalue weighted by Gasteiger charge is 2.21. The van der Waals surface area contributed by atoms with Crippen LogP contribution in [-0.4, -0.2) is 29.1 Å². The van der Waals surface area contributed by atoms with Crippen LogP contribution in [0.25, 0.3) is 0 Å². The normalized spacial score (nSPS) is 9.68. The summed E-state index contributed by atoms with van der Waals surface area (Å²) in [6.07, 6.45) is 0.657. The summed E-state index contributed by atoms with van der Waals surface area (Å²) in [7, 11) is 0. The number of hydrogen-bond donors (Lipinski definition) is 1. The molecule has 7 nitrogen and oxygen atoms in total.